The van der Waals surface area contributed by atoms with Gasteiger partial charge in [-0.1, -0.05) is 49.6 Å². The van der Waals surface area contributed by atoms with Gasteiger partial charge in [-0.05, 0) is 73.7 Å². The number of piperidine rings is 1. The summed E-state index contributed by atoms with van der Waals surface area (Å²) < 4.78 is 1.97. The van der Waals surface area contributed by atoms with Crippen molar-refractivity contribution in [3.05, 3.63) is 115 Å². The molecule has 1 aliphatic carbocycles. The zero-order chi connectivity index (χ0) is 41.1. The number of anilines is 3. The molecule has 0 spiro atoms. The third kappa shape index (κ3) is 7.39. The van der Waals surface area contributed by atoms with Gasteiger partial charge in [-0.2, -0.15) is 0 Å². The third-order valence-electron chi connectivity index (χ3n) is 11.0. The molecule has 4 heterocycles. The lowest BCUT2D eigenvalue weighted by molar-refractivity contribution is -0.136. The molecule has 7 rings (SSSR count). The summed E-state index contributed by atoms with van der Waals surface area (Å²) in [5, 5.41) is 8.50. The average molecular weight is 783 g/mol. The van der Waals surface area contributed by atoms with Gasteiger partial charge in [-0.15, -0.1) is 0 Å². The Balaban J connectivity index is 1.13. The second kappa shape index (κ2) is 16.3. The lowest BCUT2D eigenvalue weighted by Gasteiger charge is -2.38. The Labute approximate surface area is 335 Å². The molecular formula is C43H46N10O5. The lowest BCUT2D eigenvalue weighted by Crippen LogP contribution is -2.54. The van der Waals surface area contributed by atoms with Crippen LogP contribution < -0.4 is 32.3 Å². The minimum Gasteiger partial charge on any atom is -0.384 e. The SMILES string of the molecule is C=C/C=C\CC(NC(=O)CCNc1cccc2c1C(=O)N(C1CCC(=O)NC1=O)C2=O)N(C)c1c(C=C)nc(-c2cccnc2N)n1-c1ccc(C2(N)CCC2)cc1. The fourth-order valence-electron chi connectivity index (χ4n) is 7.72. The van der Waals surface area contributed by atoms with Gasteiger partial charge >= 0.3 is 0 Å². The fraction of sp³-hybridized carbons (Fsp3) is 0.279. The molecule has 0 bridgehead atoms. The van der Waals surface area contributed by atoms with Gasteiger partial charge in [0.05, 0.1) is 16.7 Å². The summed E-state index contributed by atoms with van der Waals surface area (Å²) in [6, 6.07) is 15.4. The number of fused-ring (bicyclic) bond motifs is 1. The highest BCUT2D eigenvalue weighted by molar-refractivity contribution is 6.25. The largest absolute Gasteiger partial charge is 0.384 e. The van der Waals surface area contributed by atoms with E-state index in [0.29, 0.717) is 40.8 Å². The molecule has 2 aliphatic heterocycles. The predicted molar refractivity (Wildman–Crippen MR) is 222 cm³/mol. The number of aromatic nitrogens is 3. The summed E-state index contributed by atoms with van der Waals surface area (Å²) in [6.45, 7) is 7.99. The van der Waals surface area contributed by atoms with Crippen molar-refractivity contribution in [2.45, 2.75) is 62.7 Å². The number of imide groups is 2. The quantitative estimate of drug-likeness (QED) is 0.0648. The van der Waals surface area contributed by atoms with E-state index in [1.165, 1.54) is 6.07 Å². The van der Waals surface area contributed by atoms with Gasteiger partial charge in [-0.3, -0.25) is 38.8 Å². The number of carbonyl (C=O) groups excluding carboxylic acids is 5. The van der Waals surface area contributed by atoms with Crippen molar-refractivity contribution < 1.29 is 24.0 Å². The highest BCUT2D eigenvalue weighted by atomic mass is 16.2. The number of hydrogen-bond acceptors (Lipinski definition) is 11. The van der Waals surface area contributed by atoms with Crippen LogP contribution in [0.1, 0.15) is 76.9 Å². The molecule has 2 aromatic heterocycles. The molecule has 2 unspecified atom stereocenters. The molecule has 7 N–H and O–H groups in total. The number of nitrogens with one attached hydrogen (secondary N) is 3. The van der Waals surface area contributed by atoms with Crippen LogP contribution in [0.5, 0.6) is 0 Å². The first kappa shape index (κ1) is 39.4. The second-order valence-corrected chi connectivity index (χ2v) is 14.6. The van der Waals surface area contributed by atoms with Crippen LogP contribution >= 0.6 is 0 Å². The van der Waals surface area contributed by atoms with Crippen molar-refractivity contribution in [2.75, 3.05) is 29.5 Å². The van der Waals surface area contributed by atoms with Gasteiger partial charge in [0.25, 0.3) is 11.8 Å². The van der Waals surface area contributed by atoms with Gasteiger partial charge in [0.1, 0.15) is 29.5 Å². The van der Waals surface area contributed by atoms with Crippen LogP contribution in [0, 0.1) is 0 Å². The van der Waals surface area contributed by atoms with Crippen molar-refractivity contribution in [1.29, 1.82) is 0 Å². The molecule has 2 aromatic carbocycles. The summed E-state index contributed by atoms with van der Waals surface area (Å²) in [7, 11) is 1.86. The molecule has 3 aliphatic rings. The number of nitrogens with two attached hydrogens (primary N) is 2. The molecule has 15 heteroatoms. The summed E-state index contributed by atoms with van der Waals surface area (Å²) in [5.74, 6) is -1.20. The van der Waals surface area contributed by atoms with Crippen molar-refractivity contribution >= 4 is 52.9 Å². The number of nitrogen functional groups attached to an aromatic ring is 1. The van der Waals surface area contributed by atoms with E-state index in [1.54, 1.807) is 42.6 Å². The van der Waals surface area contributed by atoms with E-state index in [-0.39, 0.29) is 48.4 Å². The van der Waals surface area contributed by atoms with Gasteiger partial charge in [0, 0.05) is 56.0 Å². The topological polar surface area (TPSA) is 211 Å². The van der Waals surface area contributed by atoms with Crippen molar-refractivity contribution in [3.63, 3.8) is 0 Å². The monoisotopic (exact) mass is 782 g/mol. The van der Waals surface area contributed by atoms with Crippen LogP contribution in [0.25, 0.3) is 23.2 Å². The third-order valence-corrected chi connectivity index (χ3v) is 11.0. The fourth-order valence-corrected chi connectivity index (χ4v) is 7.72. The molecule has 2 fully saturated rings. The number of imidazole rings is 1. The Morgan fingerprint density at radius 3 is 2.50 bits per heavy atom. The number of allylic oxidation sites excluding steroid dienone is 2. The normalized spacial score (nSPS) is 17.7. The first-order valence-electron chi connectivity index (χ1n) is 19.2. The van der Waals surface area contributed by atoms with Gasteiger partial charge in [0.15, 0.2) is 5.82 Å². The Bertz CT molecular complexity index is 2340. The Morgan fingerprint density at radius 2 is 1.83 bits per heavy atom. The zero-order valence-electron chi connectivity index (χ0n) is 32.2. The summed E-state index contributed by atoms with van der Waals surface area (Å²) in [4.78, 5) is 77.0. The molecule has 15 nitrogen and oxygen atoms in total. The Kier molecular flexibility index (Phi) is 11.1. The van der Waals surface area contributed by atoms with Crippen LogP contribution in [0.15, 0.2) is 92.2 Å². The summed E-state index contributed by atoms with van der Waals surface area (Å²) in [6.07, 6.45) is 11.5. The lowest BCUT2D eigenvalue weighted by atomic mass is 9.73. The van der Waals surface area contributed by atoms with Crippen LogP contribution in [-0.4, -0.2) is 74.8 Å². The van der Waals surface area contributed by atoms with Crippen LogP contribution in [0.3, 0.4) is 0 Å². The summed E-state index contributed by atoms with van der Waals surface area (Å²) in [5.41, 5.74) is 16.4. The van der Waals surface area contributed by atoms with Crippen molar-refractivity contribution in [2.24, 2.45) is 5.73 Å². The summed E-state index contributed by atoms with van der Waals surface area (Å²) >= 11 is 0. The molecule has 2 atom stereocenters. The first-order valence-corrected chi connectivity index (χ1v) is 19.2. The highest BCUT2D eigenvalue weighted by Crippen LogP contribution is 2.40. The van der Waals surface area contributed by atoms with Crippen LogP contribution in [-0.2, 0) is 19.9 Å². The number of amides is 5. The minimum atomic E-state index is -1.09. The molecule has 298 valence electrons. The molecule has 1 saturated heterocycles. The number of benzene rings is 2. The molecule has 58 heavy (non-hydrogen) atoms. The Hall–Kier alpha value is -6.87. The number of hydrogen-bond donors (Lipinski definition) is 5. The Morgan fingerprint density at radius 1 is 1.07 bits per heavy atom. The number of carbonyl (C=O) groups is 5. The van der Waals surface area contributed by atoms with E-state index < -0.39 is 35.8 Å². The first-order chi connectivity index (χ1) is 27.9. The maximum absolute atomic E-state index is 13.7. The molecule has 1 saturated carbocycles. The van der Waals surface area contributed by atoms with E-state index in [4.69, 9.17) is 16.5 Å². The molecule has 5 amide bonds. The average Bonchev–Trinajstić information content (AvgIpc) is 3.71. The smallest absolute Gasteiger partial charge is 0.264 e. The van der Waals surface area contributed by atoms with E-state index in [1.807, 2.05) is 52.9 Å². The van der Waals surface area contributed by atoms with E-state index in [0.717, 1.165) is 35.4 Å². The second-order valence-electron chi connectivity index (χ2n) is 14.6. The molecule has 0 radical (unpaired) electrons. The van der Waals surface area contributed by atoms with Crippen molar-refractivity contribution in [1.82, 2.24) is 30.1 Å². The van der Waals surface area contributed by atoms with E-state index in [9.17, 15) is 24.0 Å². The van der Waals surface area contributed by atoms with Crippen LogP contribution in [0.2, 0.25) is 0 Å². The molecular weight excluding hydrogens is 737 g/mol. The minimum absolute atomic E-state index is 0.00548. The van der Waals surface area contributed by atoms with Gasteiger partial charge < -0.3 is 27.0 Å². The van der Waals surface area contributed by atoms with Gasteiger partial charge in [-0.25, -0.2) is 9.97 Å². The maximum atomic E-state index is 13.7. The van der Waals surface area contributed by atoms with Crippen LogP contribution in [0.4, 0.5) is 17.3 Å². The number of nitrogens with zero attached hydrogens (tertiary/aromatic N) is 5. The highest BCUT2D eigenvalue weighted by Gasteiger charge is 2.45. The maximum Gasteiger partial charge on any atom is 0.264 e. The number of pyridine rings is 1. The van der Waals surface area contributed by atoms with E-state index >= 15 is 0 Å². The number of rotatable bonds is 15. The van der Waals surface area contributed by atoms with E-state index in [2.05, 4.69) is 34.1 Å². The van der Waals surface area contributed by atoms with Gasteiger partial charge in [0.2, 0.25) is 17.7 Å². The molecule has 4 aromatic rings. The predicted octanol–water partition coefficient (Wildman–Crippen LogP) is 4.41. The standard InChI is InChI=1S/C43H46N10O5/c1-4-6-7-14-33(49-35(55)21-25-46-31-13-8-11-28-36(31)42(58)53(41(28)57)32-19-20-34(54)50-39(32)56)51(3)40-30(5-2)48-38(29-12-9-24-47-37(29)44)52(40)27-17-15-26(16-18-27)43(45)22-10-23-43/h4-9,11-13,15-18,24,32-33,46H,1-2,10,14,19-23,25,45H2,3H3,(H2,44,47)(H,49,55)(H,50,54,56)/b7-6-. The zero-order valence-corrected chi connectivity index (χ0v) is 32.2. The van der Waals surface area contributed by atoms with Crippen molar-refractivity contribution in [3.8, 4) is 17.1 Å².